The van der Waals surface area contributed by atoms with E-state index in [-0.39, 0.29) is 5.91 Å². The van der Waals surface area contributed by atoms with Gasteiger partial charge in [-0.25, -0.2) is 9.78 Å². The topological polar surface area (TPSA) is 59.5 Å². The van der Waals surface area contributed by atoms with E-state index in [0.717, 1.165) is 36.5 Å². The zero-order valence-electron chi connectivity index (χ0n) is 13.8. The fraction of sp³-hybridized carbons (Fsp3) is 0.389. The van der Waals surface area contributed by atoms with Gasteiger partial charge in [0.05, 0.1) is 5.69 Å². The van der Waals surface area contributed by atoms with Crippen molar-refractivity contribution in [3.63, 3.8) is 0 Å². The maximum Gasteiger partial charge on any atom is 0.351 e. The monoisotopic (exact) mass is 344 g/mol. The van der Waals surface area contributed by atoms with Gasteiger partial charge in [-0.15, -0.1) is 11.3 Å². The summed E-state index contributed by atoms with van der Waals surface area (Å²) in [7, 11) is 0. The number of ether oxygens (including phenoxy) is 1. The Morgan fingerprint density at radius 1 is 1.21 bits per heavy atom. The highest BCUT2D eigenvalue weighted by molar-refractivity contribution is 7.17. The average molecular weight is 344 g/mol. The standard InChI is InChI=1S/C18H20N2O3S/c1-12-15(24-16(19-12)14-8-4-3-5-9-14)18(22)23-13(2)17(21)20-10-6-7-11-20/h3-5,8-9,13H,6-7,10-11H2,1-2H3/t13-/m1/s1. The zero-order valence-corrected chi connectivity index (χ0v) is 14.6. The summed E-state index contributed by atoms with van der Waals surface area (Å²) in [5.41, 5.74) is 1.59. The number of esters is 1. The largest absolute Gasteiger partial charge is 0.448 e. The van der Waals surface area contributed by atoms with Gasteiger partial charge in [-0.3, -0.25) is 4.79 Å². The molecule has 0 bridgehead atoms. The maximum absolute atomic E-state index is 12.4. The summed E-state index contributed by atoms with van der Waals surface area (Å²) in [5.74, 6) is -0.599. The third-order valence-electron chi connectivity index (χ3n) is 4.05. The molecule has 2 aromatic rings. The molecule has 1 aromatic carbocycles. The number of likely N-dealkylation sites (tertiary alicyclic amines) is 1. The molecule has 1 aromatic heterocycles. The molecule has 5 nitrogen and oxygen atoms in total. The number of carbonyl (C=O) groups excluding carboxylic acids is 2. The summed E-state index contributed by atoms with van der Waals surface area (Å²) in [4.78, 5) is 31.3. The first-order valence-corrected chi connectivity index (χ1v) is 8.90. The number of aromatic nitrogens is 1. The molecule has 1 saturated heterocycles. The minimum Gasteiger partial charge on any atom is -0.448 e. The number of hydrogen-bond acceptors (Lipinski definition) is 5. The number of aryl methyl sites for hydroxylation is 1. The van der Waals surface area contributed by atoms with Gasteiger partial charge in [0, 0.05) is 18.7 Å². The van der Waals surface area contributed by atoms with Gasteiger partial charge in [-0.05, 0) is 26.7 Å². The SMILES string of the molecule is Cc1nc(-c2ccccc2)sc1C(=O)O[C@H](C)C(=O)N1CCCC1. The third kappa shape index (κ3) is 3.48. The molecule has 0 aliphatic carbocycles. The van der Waals surface area contributed by atoms with Crippen molar-refractivity contribution in [1.82, 2.24) is 9.88 Å². The number of benzene rings is 1. The predicted molar refractivity (Wildman–Crippen MR) is 93.0 cm³/mol. The van der Waals surface area contributed by atoms with E-state index in [0.29, 0.717) is 10.6 Å². The molecule has 1 atom stereocenters. The van der Waals surface area contributed by atoms with Crippen LogP contribution < -0.4 is 0 Å². The molecule has 0 spiro atoms. The van der Waals surface area contributed by atoms with Gasteiger partial charge < -0.3 is 9.64 Å². The lowest BCUT2D eigenvalue weighted by atomic mass is 10.2. The van der Waals surface area contributed by atoms with Crippen molar-refractivity contribution in [2.24, 2.45) is 0 Å². The number of carbonyl (C=O) groups is 2. The Labute approximate surface area is 145 Å². The molecule has 24 heavy (non-hydrogen) atoms. The Hall–Kier alpha value is -2.21. The molecular formula is C18H20N2O3S. The van der Waals surface area contributed by atoms with Crippen LogP contribution in [0.15, 0.2) is 30.3 Å². The molecule has 2 heterocycles. The second kappa shape index (κ2) is 7.13. The first-order chi connectivity index (χ1) is 11.6. The Kier molecular flexibility index (Phi) is 4.94. The van der Waals surface area contributed by atoms with Crippen molar-refractivity contribution in [3.05, 3.63) is 40.9 Å². The molecule has 0 saturated carbocycles. The Balaban J connectivity index is 1.71. The van der Waals surface area contributed by atoms with E-state index in [1.165, 1.54) is 11.3 Å². The van der Waals surface area contributed by atoms with Crippen molar-refractivity contribution < 1.29 is 14.3 Å². The van der Waals surface area contributed by atoms with Gasteiger partial charge >= 0.3 is 5.97 Å². The van der Waals surface area contributed by atoms with Crippen molar-refractivity contribution in [1.29, 1.82) is 0 Å². The van der Waals surface area contributed by atoms with Gasteiger partial charge in [0.2, 0.25) is 0 Å². The molecule has 1 aliphatic rings. The van der Waals surface area contributed by atoms with Gasteiger partial charge in [-0.2, -0.15) is 0 Å². The molecule has 0 radical (unpaired) electrons. The van der Waals surface area contributed by atoms with Crippen molar-refractivity contribution >= 4 is 23.2 Å². The highest BCUT2D eigenvalue weighted by Gasteiger charge is 2.27. The van der Waals surface area contributed by atoms with Crippen LogP contribution in [0, 0.1) is 6.92 Å². The fourth-order valence-electron chi connectivity index (χ4n) is 2.75. The van der Waals surface area contributed by atoms with E-state index in [4.69, 9.17) is 4.74 Å². The van der Waals surface area contributed by atoms with E-state index in [9.17, 15) is 9.59 Å². The lowest BCUT2D eigenvalue weighted by molar-refractivity contribution is -0.138. The number of thiazole rings is 1. The molecule has 1 fully saturated rings. The van der Waals surface area contributed by atoms with Gasteiger partial charge in [0.1, 0.15) is 9.88 Å². The van der Waals surface area contributed by atoms with E-state index in [1.54, 1.807) is 18.7 Å². The summed E-state index contributed by atoms with van der Waals surface area (Å²) in [5, 5.41) is 0.776. The summed E-state index contributed by atoms with van der Waals surface area (Å²) < 4.78 is 5.38. The summed E-state index contributed by atoms with van der Waals surface area (Å²) >= 11 is 1.30. The van der Waals surface area contributed by atoms with Crippen molar-refractivity contribution in [3.8, 4) is 10.6 Å². The van der Waals surface area contributed by atoms with Crippen LogP contribution in [0.5, 0.6) is 0 Å². The van der Waals surface area contributed by atoms with Gasteiger partial charge in [0.25, 0.3) is 5.91 Å². The molecule has 0 N–H and O–H groups in total. The van der Waals surface area contributed by atoms with E-state index in [2.05, 4.69) is 4.98 Å². The second-order valence-corrected chi connectivity index (χ2v) is 6.88. The number of hydrogen-bond donors (Lipinski definition) is 0. The minimum atomic E-state index is -0.766. The summed E-state index contributed by atoms with van der Waals surface area (Å²) in [6.07, 6.45) is 1.26. The average Bonchev–Trinajstić information content (AvgIpc) is 3.24. The zero-order chi connectivity index (χ0) is 17.1. The normalized spacial score (nSPS) is 15.3. The van der Waals surface area contributed by atoms with Gasteiger partial charge in [0.15, 0.2) is 6.10 Å². The highest BCUT2D eigenvalue weighted by atomic mass is 32.1. The van der Waals surface area contributed by atoms with Crippen LogP contribution in [0.1, 0.15) is 35.1 Å². The molecule has 6 heteroatoms. The third-order valence-corrected chi connectivity index (χ3v) is 5.24. The van der Waals surface area contributed by atoms with Gasteiger partial charge in [-0.1, -0.05) is 30.3 Å². The molecule has 1 aliphatic heterocycles. The van der Waals surface area contributed by atoms with Crippen LogP contribution in [0.2, 0.25) is 0 Å². The number of amides is 1. The van der Waals surface area contributed by atoms with Crippen LogP contribution in [-0.2, 0) is 9.53 Å². The second-order valence-electron chi connectivity index (χ2n) is 5.88. The molecule has 1 amide bonds. The van der Waals surface area contributed by atoms with Crippen LogP contribution in [0.25, 0.3) is 10.6 Å². The van der Waals surface area contributed by atoms with Crippen molar-refractivity contribution in [2.75, 3.05) is 13.1 Å². The smallest absolute Gasteiger partial charge is 0.351 e. The quantitative estimate of drug-likeness (QED) is 0.799. The van der Waals surface area contributed by atoms with Crippen LogP contribution >= 0.6 is 11.3 Å². The molecule has 126 valence electrons. The van der Waals surface area contributed by atoms with Crippen LogP contribution in [0.4, 0.5) is 0 Å². The highest BCUT2D eigenvalue weighted by Crippen LogP contribution is 2.28. The number of nitrogens with zero attached hydrogens (tertiary/aromatic N) is 2. The lowest BCUT2D eigenvalue weighted by Gasteiger charge is -2.20. The maximum atomic E-state index is 12.4. The van der Waals surface area contributed by atoms with E-state index >= 15 is 0 Å². The van der Waals surface area contributed by atoms with E-state index in [1.807, 2.05) is 30.3 Å². The van der Waals surface area contributed by atoms with Crippen molar-refractivity contribution in [2.45, 2.75) is 32.8 Å². The first-order valence-electron chi connectivity index (χ1n) is 8.09. The molecule has 0 unspecified atom stereocenters. The Morgan fingerprint density at radius 3 is 2.54 bits per heavy atom. The van der Waals surface area contributed by atoms with E-state index < -0.39 is 12.1 Å². The lowest BCUT2D eigenvalue weighted by Crippen LogP contribution is -2.38. The van der Waals surface area contributed by atoms with Crippen LogP contribution in [-0.4, -0.2) is 41.0 Å². The Bertz CT molecular complexity index is 736. The minimum absolute atomic E-state index is 0.119. The summed E-state index contributed by atoms with van der Waals surface area (Å²) in [6.45, 7) is 4.91. The predicted octanol–water partition coefficient (Wildman–Crippen LogP) is 3.29. The molecular weight excluding hydrogens is 324 g/mol. The molecule has 3 rings (SSSR count). The fourth-order valence-corrected chi connectivity index (χ4v) is 3.70. The number of rotatable bonds is 4. The Morgan fingerprint density at radius 2 is 1.88 bits per heavy atom. The van der Waals surface area contributed by atoms with Crippen LogP contribution in [0.3, 0.4) is 0 Å². The first kappa shape index (κ1) is 16.6. The summed E-state index contributed by atoms with van der Waals surface area (Å²) in [6, 6.07) is 9.70.